The van der Waals surface area contributed by atoms with Gasteiger partial charge in [-0.2, -0.15) is 13.2 Å². The number of aromatic nitrogens is 4. The number of pyridine rings is 1. The highest BCUT2D eigenvalue weighted by molar-refractivity contribution is 6.01. The van der Waals surface area contributed by atoms with E-state index in [1.54, 1.807) is 6.07 Å². The van der Waals surface area contributed by atoms with Gasteiger partial charge in [-0.05, 0) is 18.2 Å². The number of fused-ring (bicyclic) bond motifs is 3. The van der Waals surface area contributed by atoms with Crippen LogP contribution in [0.4, 0.5) is 23.5 Å². The summed E-state index contributed by atoms with van der Waals surface area (Å²) in [5, 5.41) is 3.08. The molecule has 0 amide bonds. The second kappa shape index (κ2) is 8.18. The van der Waals surface area contributed by atoms with E-state index in [0.29, 0.717) is 35.5 Å². The summed E-state index contributed by atoms with van der Waals surface area (Å²) in [4.78, 5) is 25.5. The average Bonchev–Trinajstić information content (AvgIpc) is 3.48. The summed E-state index contributed by atoms with van der Waals surface area (Å²) in [5.74, 6) is -0.192. The van der Waals surface area contributed by atoms with Gasteiger partial charge >= 0.3 is 12.1 Å². The first kappa shape index (κ1) is 22.3. The van der Waals surface area contributed by atoms with Crippen molar-refractivity contribution in [3.8, 4) is 17.0 Å². The van der Waals surface area contributed by atoms with Gasteiger partial charge in [-0.15, -0.1) is 0 Å². The summed E-state index contributed by atoms with van der Waals surface area (Å²) in [6, 6.07) is 5.65. The lowest BCUT2D eigenvalue weighted by molar-refractivity contribution is -0.127. The van der Waals surface area contributed by atoms with E-state index in [2.05, 4.69) is 20.3 Å². The molecule has 0 saturated carbocycles. The maximum Gasteiger partial charge on any atom is 0.394 e. The Morgan fingerprint density at radius 2 is 1.94 bits per heavy atom. The van der Waals surface area contributed by atoms with E-state index in [1.165, 1.54) is 35.1 Å². The molecule has 12 heteroatoms. The zero-order chi connectivity index (χ0) is 25.0. The van der Waals surface area contributed by atoms with Crippen molar-refractivity contribution < 1.29 is 31.8 Å². The van der Waals surface area contributed by atoms with Crippen molar-refractivity contribution in [2.24, 2.45) is 0 Å². The minimum Gasteiger partial charge on any atom is -0.493 e. The quantitative estimate of drug-likeness (QED) is 0.332. The first-order chi connectivity index (χ1) is 17.3. The second-order valence-electron chi connectivity index (χ2n) is 8.44. The Balaban J connectivity index is 1.43. The fourth-order valence-corrected chi connectivity index (χ4v) is 4.54. The summed E-state index contributed by atoms with van der Waals surface area (Å²) in [6.07, 6.45) is -2.29. The van der Waals surface area contributed by atoms with Crippen molar-refractivity contribution in [3.05, 3.63) is 70.7 Å². The Bertz CT molecular complexity index is 1530. The van der Waals surface area contributed by atoms with E-state index in [4.69, 9.17) is 9.47 Å². The number of halogens is 4. The Morgan fingerprint density at radius 3 is 2.78 bits per heavy atom. The lowest BCUT2D eigenvalue weighted by atomic mass is 10.0. The molecule has 3 aromatic heterocycles. The molecule has 2 aliphatic heterocycles. The molecule has 1 N–H and O–H groups in total. The largest absolute Gasteiger partial charge is 0.493 e. The number of imidazole rings is 1. The number of carbonyl (C=O) groups is 1. The van der Waals surface area contributed by atoms with Crippen molar-refractivity contribution in [2.75, 3.05) is 11.9 Å². The highest BCUT2D eigenvalue weighted by atomic mass is 19.4. The number of rotatable bonds is 4. The van der Waals surface area contributed by atoms with Crippen molar-refractivity contribution in [1.29, 1.82) is 0 Å². The van der Waals surface area contributed by atoms with Gasteiger partial charge in [0.1, 0.15) is 24.5 Å². The third-order valence-electron chi connectivity index (χ3n) is 6.16. The lowest BCUT2D eigenvalue weighted by Crippen LogP contribution is -2.16. The molecule has 0 aliphatic carbocycles. The fraction of sp³-hybridized carbons (Fsp3) is 0.250. The van der Waals surface area contributed by atoms with Crippen LogP contribution in [0.3, 0.4) is 0 Å². The number of esters is 1. The Labute approximate surface area is 200 Å². The van der Waals surface area contributed by atoms with Gasteiger partial charge in [-0.1, -0.05) is 6.07 Å². The molecule has 0 radical (unpaired) electrons. The van der Waals surface area contributed by atoms with Crippen LogP contribution >= 0.6 is 0 Å². The number of anilines is 1. The third-order valence-corrected chi connectivity index (χ3v) is 6.16. The second-order valence-corrected chi connectivity index (χ2v) is 8.44. The van der Waals surface area contributed by atoms with E-state index in [9.17, 15) is 22.4 Å². The SMILES string of the molecule is O=C1OCc2ccc(CC(F)(F)F)nc2-c2cnc(NCc3c(F)ccc4c3CCO4)n3cnc1c23. The van der Waals surface area contributed by atoms with E-state index in [0.717, 1.165) is 5.56 Å². The van der Waals surface area contributed by atoms with Crippen molar-refractivity contribution >= 4 is 17.4 Å². The molecule has 0 fully saturated rings. The number of hydrogen-bond acceptors (Lipinski definition) is 7. The monoisotopic (exact) mass is 499 g/mol. The number of hydrogen-bond donors (Lipinski definition) is 1. The van der Waals surface area contributed by atoms with Crippen molar-refractivity contribution in [1.82, 2.24) is 19.4 Å². The molecule has 0 atom stereocenters. The Hall–Kier alpha value is -4.22. The molecule has 0 saturated heterocycles. The highest BCUT2D eigenvalue weighted by Crippen LogP contribution is 2.34. The maximum atomic E-state index is 14.6. The fourth-order valence-electron chi connectivity index (χ4n) is 4.54. The number of alkyl halides is 3. The highest BCUT2D eigenvalue weighted by Gasteiger charge is 2.31. The molecule has 2 aliphatic rings. The van der Waals surface area contributed by atoms with E-state index in [-0.39, 0.29) is 47.5 Å². The predicted molar refractivity (Wildman–Crippen MR) is 118 cm³/mol. The Morgan fingerprint density at radius 1 is 1.08 bits per heavy atom. The summed E-state index contributed by atoms with van der Waals surface area (Å²) in [5.41, 5.74) is 2.28. The van der Waals surface area contributed by atoms with E-state index < -0.39 is 18.6 Å². The van der Waals surface area contributed by atoms with Gasteiger partial charge in [0.05, 0.1) is 29.9 Å². The van der Waals surface area contributed by atoms with Crippen LogP contribution in [0.1, 0.15) is 32.9 Å². The molecule has 1 aromatic carbocycles. The molecule has 184 valence electrons. The summed E-state index contributed by atoms with van der Waals surface area (Å²) < 4.78 is 65.9. The van der Waals surface area contributed by atoms with Gasteiger partial charge in [0, 0.05) is 41.4 Å². The smallest absolute Gasteiger partial charge is 0.394 e. The van der Waals surface area contributed by atoms with E-state index >= 15 is 0 Å². The van der Waals surface area contributed by atoms with Gasteiger partial charge in [0.15, 0.2) is 5.69 Å². The zero-order valence-electron chi connectivity index (χ0n) is 18.5. The number of cyclic esters (lactones) is 1. The van der Waals surface area contributed by atoms with Crippen molar-refractivity contribution in [2.45, 2.75) is 32.2 Å². The zero-order valence-corrected chi connectivity index (χ0v) is 18.5. The van der Waals surface area contributed by atoms with Crippen molar-refractivity contribution in [3.63, 3.8) is 0 Å². The topological polar surface area (TPSA) is 90.6 Å². The number of carbonyl (C=O) groups excluding carboxylic acids is 1. The van der Waals surface area contributed by atoms with Crippen LogP contribution < -0.4 is 10.1 Å². The van der Waals surface area contributed by atoms with Crippen LogP contribution in [0, 0.1) is 5.82 Å². The summed E-state index contributed by atoms with van der Waals surface area (Å²) >= 11 is 0. The first-order valence-electron chi connectivity index (χ1n) is 11.0. The molecule has 0 bridgehead atoms. The molecule has 4 aromatic rings. The standard InChI is InChI=1S/C24H17F4N5O3/c25-17-3-4-18-14(5-6-35-18)15(17)8-29-23-30-9-16-19-12(1-2-13(32-19)7-24(26,27)28)10-36-22(34)20-21(16)33(23)11-31-20/h1-4,9,11H,5-8,10H2,(H,29,30). The van der Waals surface area contributed by atoms with Crippen LogP contribution in [0.25, 0.3) is 16.8 Å². The van der Waals surface area contributed by atoms with Gasteiger partial charge in [-0.3, -0.25) is 9.38 Å². The number of ether oxygens (including phenoxy) is 2. The van der Waals surface area contributed by atoms with Crippen LogP contribution in [0.2, 0.25) is 0 Å². The molecular formula is C24H17F4N5O3. The maximum absolute atomic E-state index is 14.6. The molecular weight excluding hydrogens is 482 g/mol. The minimum absolute atomic E-state index is 0.0238. The first-order valence-corrected chi connectivity index (χ1v) is 11.0. The number of nitrogens with zero attached hydrogens (tertiary/aromatic N) is 4. The minimum atomic E-state index is -4.43. The molecule has 36 heavy (non-hydrogen) atoms. The van der Waals surface area contributed by atoms with Gasteiger partial charge in [0.25, 0.3) is 0 Å². The molecule has 0 unspecified atom stereocenters. The predicted octanol–water partition coefficient (Wildman–Crippen LogP) is 4.25. The van der Waals surface area contributed by atoms with Gasteiger partial charge in [-0.25, -0.2) is 19.2 Å². The molecule has 0 spiro atoms. The van der Waals surface area contributed by atoms with Crippen LogP contribution in [0.5, 0.6) is 5.75 Å². The summed E-state index contributed by atoms with van der Waals surface area (Å²) in [7, 11) is 0. The van der Waals surface area contributed by atoms with Crippen LogP contribution in [-0.4, -0.2) is 38.1 Å². The molecule has 8 nitrogen and oxygen atoms in total. The Kier molecular flexibility index (Phi) is 5.06. The summed E-state index contributed by atoms with van der Waals surface area (Å²) in [6.45, 7) is 0.382. The lowest BCUT2D eigenvalue weighted by Gasteiger charge is -2.17. The third kappa shape index (κ3) is 3.78. The molecule has 5 heterocycles. The normalized spacial score (nSPS) is 14.5. The van der Waals surface area contributed by atoms with Crippen LogP contribution in [-0.2, 0) is 30.7 Å². The van der Waals surface area contributed by atoms with Gasteiger partial charge < -0.3 is 14.8 Å². The van der Waals surface area contributed by atoms with Crippen LogP contribution in [0.15, 0.2) is 36.8 Å². The van der Waals surface area contributed by atoms with E-state index in [1.807, 2.05) is 0 Å². The average molecular weight is 499 g/mol. The number of benzene rings is 1. The van der Waals surface area contributed by atoms with Gasteiger partial charge in [0.2, 0.25) is 5.95 Å². The number of nitrogens with one attached hydrogen (secondary N) is 1. The molecule has 6 rings (SSSR count).